The molecule has 1 unspecified atom stereocenters. The van der Waals surface area contributed by atoms with Crippen LogP contribution < -0.4 is 24.4 Å². The predicted molar refractivity (Wildman–Crippen MR) is 152 cm³/mol. The molecule has 9 nitrogen and oxygen atoms in total. The number of aromatic nitrogens is 1. The lowest BCUT2D eigenvalue weighted by molar-refractivity contribution is -0.136. The van der Waals surface area contributed by atoms with Crippen LogP contribution in [-0.4, -0.2) is 30.7 Å². The number of thiazole rings is 1. The summed E-state index contributed by atoms with van der Waals surface area (Å²) >= 11 is 4.61. The van der Waals surface area contributed by atoms with E-state index in [0.717, 1.165) is 10.0 Å². The number of esters is 2. The monoisotopic (exact) mass is 622 g/mol. The Hall–Kier alpha value is -4.22. The van der Waals surface area contributed by atoms with Crippen molar-refractivity contribution in [2.75, 3.05) is 14.2 Å². The molecule has 204 valence electrons. The number of ether oxygens (including phenoxy) is 3. The fraction of sp³-hybridized carbons (Fsp3) is 0.172. The van der Waals surface area contributed by atoms with Crippen LogP contribution in [0.5, 0.6) is 11.5 Å². The first kappa shape index (κ1) is 27.4. The van der Waals surface area contributed by atoms with Crippen LogP contribution in [0.4, 0.5) is 0 Å². The molecule has 4 aromatic rings. The molecule has 0 fully saturated rings. The molecule has 0 amide bonds. The van der Waals surface area contributed by atoms with Crippen LogP contribution in [0.1, 0.15) is 31.2 Å². The van der Waals surface area contributed by atoms with E-state index < -0.39 is 18.0 Å². The average Bonchev–Trinajstić information content (AvgIpc) is 3.52. The third-order valence-corrected chi connectivity index (χ3v) is 7.72. The van der Waals surface area contributed by atoms with E-state index in [2.05, 4.69) is 20.9 Å². The molecule has 1 aliphatic rings. The number of nitrogens with zero attached hydrogens (tertiary/aromatic N) is 2. The second-order valence-corrected chi connectivity index (χ2v) is 10.7. The van der Waals surface area contributed by atoms with Gasteiger partial charge in [0.05, 0.1) is 36.1 Å². The summed E-state index contributed by atoms with van der Waals surface area (Å²) in [5.41, 5.74) is 1.72. The van der Waals surface area contributed by atoms with Crippen molar-refractivity contribution in [1.29, 1.82) is 0 Å². The van der Waals surface area contributed by atoms with Gasteiger partial charge in [-0.15, -0.1) is 0 Å². The molecule has 2 aromatic heterocycles. The van der Waals surface area contributed by atoms with Crippen LogP contribution in [0.25, 0.3) is 17.4 Å². The van der Waals surface area contributed by atoms with Crippen molar-refractivity contribution in [1.82, 2.24) is 4.57 Å². The summed E-state index contributed by atoms with van der Waals surface area (Å²) in [5.74, 6) is 0.514. The summed E-state index contributed by atoms with van der Waals surface area (Å²) in [7, 11) is 2.71. The minimum atomic E-state index is -0.860. The molecule has 0 bridgehead atoms. The van der Waals surface area contributed by atoms with Crippen molar-refractivity contribution in [3.8, 4) is 22.8 Å². The smallest absolute Gasteiger partial charge is 0.338 e. The van der Waals surface area contributed by atoms with Crippen LogP contribution in [0.2, 0.25) is 0 Å². The summed E-state index contributed by atoms with van der Waals surface area (Å²) in [5, 5.41) is 0. The van der Waals surface area contributed by atoms with Gasteiger partial charge in [0.2, 0.25) is 0 Å². The van der Waals surface area contributed by atoms with E-state index in [1.807, 2.05) is 30.3 Å². The number of rotatable bonds is 6. The lowest BCUT2D eigenvalue weighted by Gasteiger charge is -2.25. The molecule has 0 saturated carbocycles. The van der Waals surface area contributed by atoms with Gasteiger partial charge >= 0.3 is 11.9 Å². The van der Waals surface area contributed by atoms with E-state index in [9.17, 15) is 14.4 Å². The Bertz CT molecular complexity index is 1850. The van der Waals surface area contributed by atoms with Crippen molar-refractivity contribution in [2.24, 2.45) is 4.99 Å². The summed E-state index contributed by atoms with van der Waals surface area (Å²) in [6.45, 7) is 2.98. The summed E-state index contributed by atoms with van der Waals surface area (Å²) in [6.07, 6.45) is 1.66. The van der Waals surface area contributed by atoms with E-state index in [0.29, 0.717) is 32.1 Å². The summed E-state index contributed by atoms with van der Waals surface area (Å²) < 4.78 is 24.5. The van der Waals surface area contributed by atoms with Crippen molar-refractivity contribution in [2.45, 2.75) is 19.9 Å². The molecule has 0 radical (unpaired) electrons. The Morgan fingerprint density at radius 3 is 2.50 bits per heavy atom. The molecule has 0 N–H and O–H groups in total. The zero-order valence-electron chi connectivity index (χ0n) is 21.9. The van der Waals surface area contributed by atoms with E-state index in [1.54, 1.807) is 37.3 Å². The van der Waals surface area contributed by atoms with E-state index in [1.165, 1.54) is 37.0 Å². The van der Waals surface area contributed by atoms with Gasteiger partial charge < -0.3 is 18.6 Å². The first-order valence-corrected chi connectivity index (χ1v) is 13.6. The first-order valence-electron chi connectivity index (χ1n) is 12.0. The van der Waals surface area contributed by atoms with Gasteiger partial charge in [0.25, 0.3) is 5.56 Å². The molecule has 2 aromatic carbocycles. The Morgan fingerprint density at radius 1 is 1.07 bits per heavy atom. The molecule has 0 spiro atoms. The largest absolute Gasteiger partial charge is 0.493 e. The highest BCUT2D eigenvalue weighted by atomic mass is 79.9. The van der Waals surface area contributed by atoms with Gasteiger partial charge in [-0.3, -0.25) is 14.2 Å². The van der Waals surface area contributed by atoms with Gasteiger partial charge in [-0.25, -0.2) is 9.79 Å². The zero-order valence-corrected chi connectivity index (χ0v) is 24.3. The lowest BCUT2D eigenvalue weighted by atomic mass is 9.95. The third kappa shape index (κ3) is 5.17. The van der Waals surface area contributed by atoms with Crippen molar-refractivity contribution in [3.05, 3.63) is 101 Å². The van der Waals surface area contributed by atoms with Crippen LogP contribution in [0.15, 0.2) is 84.5 Å². The van der Waals surface area contributed by atoms with Gasteiger partial charge in [0, 0.05) is 23.0 Å². The van der Waals surface area contributed by atoms with Gasteiger partial charge in [0.1, 0.15) is 11.5 Å². The molecule has 3 heterocycles. The molecule has 5 rings (SSSR count). The minimum Gasteiger partial charge on any atom is -0.493 e. The quantitative estimate of drug-likeness (QED) is 0.232. The highest BCUT2D eigenvalue weighted by molar-refractivity contribution is 9.10. The highest BCUT2D eigenvalue weighted by Gasteiger charge is 2.33. The minimum absolute atomic E-state index is 0.208. The maximum Gasteiger partial charge on any atom is 0.338 e. The number of furan rings is 1. The number of benzene rings is 2. The lowest BCUT2D eigenvalue weighted by Crippen LogP contribution is -2.39. The van der Waals surface area contributed by atoms with Gasteiger partial charge in [-0.1, -0.05) is 45.5 Å². The molecule has 1 aliphatic heterocycles. The summed E-state index contributed by atoms with van der Waals surface area (Å²) in [4.78, 5) is 43.2. The van der Waals surface area contributed by atoms with Crippen molar-refractivity contribution in [3.63, 3.8) is 0 Å². The molecule has 11 heteroatoms. The molecular formula is C29H23BrN2O7S. The third-order valence-electron chi connectivity index (χ3n) is 6.21. The molecule has 1 atom stereocenters. The summed E-state index contributed by atoms with van der Waals surface area (Å²) in [6, 6.07) is 15.3. The molecular weight excluding hydrogens is 600 g/mol. The average molecular weight is 623 g/mol. The van der Waals surface area contributed by atoms with Gasteiger partial charge in [0.15, 0.2) is 16.3 Å². The van der Waals surface area contributed by atoms with Crippen LogP contribution >= 0.6 is 27.3 Å². The number of methoxy groups -OCH3 is 2. The van der Waals surface area contributed by atoms with E-state index >= 15 is 0 Å². The number of fused-ring (bicyclic) bond motifs is 1. The second-order valence-electron chi connectivity index (χ2n) is 8.79. The topological polar surface area (TPSA) is 109 Å². The fourth-order valence-electron chi connectivity index (χ4n) is 4.43. The Morgan fingerprint density at radius 2 is 1.82 bits per heavy atom. The van der Waals surface area contributed by atoms with Crippen LogP contribution in [-0.2, 0) is 14.3 Å². The normalized spacial score (nSPS) is 14.9. The van der Waals surface area contributed by atoms with Crippen LogP contribution in [0.3, 0.4) is 0 Å². The van der Waals surface area contributed by atoms with Crippen molar-refractivity contribution < 1.29 is 28.2 Å². The van der Waals surface area contributed by atoms with Gasteiger partial charge in [-0.05, 0) is 48.9 Å². The number of carbonyl (C=O) groups excluding carboxylic acids is 2. The Balaban J connectivity index is 1.64. The van der Waals surface area contributed by atoms with E-state index in [-0.39, 0.29) is 22.6 Å². The SMILES string of the molecule is COC(=O)C1=C(C)N=c2s/c(=C\c3ccc(-c4ccc(Br)cc4)o3)c(=O)n2C1c1ccc(OC(C)=O)c(OC)c1. The number of hydrogen-bond donors (Lipinski definition) is 0. The standard InChI is InChI=1S/C29H23BrN2O7S/c1-15-25(28(35)37-4)26(18-7-11-22(38-16(2)33)23(13-18)36-3)32-27(34)24(40-29(32)31-15)14-20-10-12-21(39-20)17-5-8-19(30)9-6-17/h5-14,26H,1-4H3/b24-14-. The Labute approximate surface area is 240 Å². The molecule has 0 aliphatic carbocycles. The maximum absolute atomic E-state index is 13.8. The maximum atomic E-state index is 13.8. The molecule has 0 saturated heterocycles. The molecule has 40 heavy (non-hydrogen) atoms. The number of halogens is 1. The zero-order chi connectivity index (χ0) is 28.6. The predicted octanol–water partition coefficient (Wildman–Crippen LogP) is 4.36. The second kappa shape index (κ2) is 11.1. The number of allylic oxidation sites excluding steroid dienone is 1. The number of carbonyl (C=O) groups is 2. The first-order chi connectivity index (χ1) is 19.2. The van der Waals surface area contributed by atoms with Crippen molar-refractivity contribution >= 4 is 45.3 Å². The highest BCUT2D eigenvalue weighted by Crippen LogP contribution is 2.36. The number of hydrogen-bond acceptors (Lipinski definition) is 9. The fourth-order valence-corrected chi connectivity index (χ4v) is 5.72. The Kier molecular flexibility index (Phi) is 7.59. The van der Waals surface area contributed by atoms with E-state index in [4.69, 9.17) is 18.6 Å². The van der Waals surface area contributed by atoms with Crippen LogP contribution in [0, 0.1) is 0 Å². The van der Waals surface area contributed by atoms with Gasteiger partial charge in [-0.2, -0.15) is 0 Å².